The zero-order chi connectivity index (χ0) is 17.4. The molecular weight excluding hydrogens is 312 g/mol. The molecule has 0 saturated heterocycles. The van der Waals surface area contributed by atoms with E-state index in [1.54, 1.807) is 0 Å². The Morgan fingerprint density at radius 1 is 0.880 bits per heavy atom. The van der Waals surface area contributed by atoms with Crippen molar-refractivity contribution in [1.82, 2.24) is 0 Å². The van der Waals surface area contributed by atoms with E-state index in [0.29, 0.717) is 5.56 Å². The van der Waals surface area contributed by atoms with Gasteiger partial charge in [0.25, 0.3) is 5.91 Å². The third-order valence-corrected chi connectivity index (χ3v) is 4.26. The van der Waals surface area contributed by atoms with Crippen LogP contribution in [-0.4, -0.2) is 20.0 Å². The quantitative estimate of drug-likeness (QED) is 0.581. The largest absolute Gasteiger partial charge is 0.456 e. The number of hydrogen-bond acceptors (Lipinski definition) is 3. The van der Waals surface area contributed by atoms with Crippen molar-refractivity contribution in [3.05, 3.63) is 72.3 Å². The Balaban J connectivity index is 1.67. The van der Waals surface area contributed by atoms with Gasteiger partial charge in [0.15, 0.2) is 0 Å². The molecule has 1 aromatic heterocycles. The first-order valence-corrected chi connectivity index (χ1v) is 8.12. The Bertz CT molecular complexity index is 1080. The number of carbonyl (C=O) groups is 1. The van der Waals surface area contributed by atoms with Gasteiger partial charge >= 0.3 is 0 Å². The third kappa shape index (κ3) is 2.83. The van der Waals surface area contributed by atoms with E-state index in [9.17, 15) is 4.79 Å². The summed E-state index contributed by atoms with van der Waals surface area (Å²) < 4.78 is 5.82. The van der Waals surface area contributed by atoms with E-state index in [1.165, 1.54) is 0 Å². The molecule has 0 aliphatic rings. The fourth-order valence-electron chi connectivity index (χ4n) is 2.93. The fourth-order valence-corrected chi connectivity index (χ4v) is 2.93. The molecule has 0 aliphatic carbocycles. The van der Waals surface area contributed by atoms with Crippen LogP contribution in [-0.2, 0) is 0 Å². The van der Waals surface area contributed by atoms with Crippen LogP contribution < -0.4 is 10.2 Å². The summed E-state index contributed by atoms with van der Waals surface area (Å²) in [5.41, 5.74) is 4.03. The van der Waals surface area contributed by atoms with Gasteiger partial charge in [0.1, 0.15) is 11.2 Å². The lowest BCUT2D eigenvalue weighted by molar-refractivity contribution is 0.102. The Morgan fingerprint density at radius 2 is 1.68 bits per heavy atom. The maximum atomic E-state index is 12.6. The maximum Gasteiger partial charge on any atom is 0.255 e. The second-order valence-corrected chi connectivity index (χ2v) is 6.21. The highest BCUT2D eigenvalue weighted by atomic mass is 16.3. The number of nitrogens with one attached hydrogen (secondary N) is 1. The monoisotopic (exact) mass is 330 g/mol. The molecule has 25 heavy (non-hydrogen) atoms. The summed E-state index contributed by atoms with van der Waals surface area (Å²) in [6.07, 6.45) is 0. The summed E-state index contributed by atoms with van der Waals surface area (Å²) in [7, 11) is 3.91. The summed E-state index contributed by atoms with van der Waals surface area (Å²) in [4.78, 5) is 14.5. The molecule has 1 N–H and O–H groups in total. The van der Waals surface area contributed by atoms with Crippen LogP contribution in [0.4, 0.5) is 11.4 Å². The van der Waals surface area contributed by atoms with Crippen LogP contribution in [0.25, 0.3) is 21.9 Å². The van der Waals surface area contributed by atoms with Crippen LogP contribution in [0.15, 0.2) is 71.1 Å². The van der Waals surface area contributed by atoms with Crippen LogP contribution in [0.2, 0.25) is 0 Å². The number of anilines is 2. The highest BCUT2D eigenvalue weighted by Crippen LogP contribution is 2.30. The number of nitrogens with zero attached hydrogens (tertiary/aromatic N) is 1. The summed E-state index contributed by atoms with van der Waals surface area (Å²) >= 11 is 0. The normalized spacial score (nSPS) is 11.0. The topological polar surface area (TPSA) is 45.5 Å². The Labute approximate surface area is 145 Å². The average Bonchev–Trinajstić information content (AvgIpc) is 3.00. The fraction of sp³-hybridized carbons (Fsp3) is 0.0952. The summed E-state index contributed by atoms with van der Waals surface area (Å²) in [6, 6.07) is 21.1. The van der Waals surface area contributed by atoms with Gasteiger partial charge in [0, 0.05) is 41.8 Å². The first-order valence-electron chi connectivity index (χ1n) is 8.12. The van der Waals surface area contributed by atoms with Crippen molar-refractivity contribution in [3.8, 4) is 0 Å². The van der Waals surface area contributed by atoms with E-state index >= 15 is 0 Å². The van der Waals surface area contributed by atoms with Gasteiger partial charge in [-0.3, -0.25) is 4.79 Å². The second-order valence-electron chi connectivity index (χ2n) is 6.21. The first-order chi connectivity index (χ1) is 12.1. The number of amides is 1. The van der Waals surface area contributed by atoms with Crippen LogP contribution in [0.5, 0.6) is 0 Å². The van der Waals surface area contributed by atoms with Crippen molar-refractivity contribution in [2.24, 2.45) is 0 Å². The number of hydrogen-bond donors (Lipinski definition) is 1. The molecule has 1 heterocycles. The van der Waals surface area contributed by atoms with Gasteiger partial charge in [-0.15, -0.1) is 0 Å². The maximum absolute atomic E-state index is 12.6. The first kappa shape index (κ1) is 15.3. The van der Waals surface area contributed by atoms with Gasteiger partial charge in [-0.2, -0.15) is 0 Å². The lowest BCUT2D eigenvalue weighted by Gasteiger charge is -2.13. The zero-order valence-electron chi connectivity index (χ0n) is 14.1. The van der Waals surface area contributed by atoms with Crippen molar-refractivity contribution >= 4 is 39.2 Å². The van der Waals surface area contributed by atoms with E-state index in [1.807, 2.05) is 85.7 Å². The lowest BCUT2D eigenvalue weighted by atomic mass is 10.1. The number of rotatable bonds is 3. The number of carbonyl (C=O) groups excluding carboxylic acids is 1. The minimum atomic E-state index is -0.129. The molecule has 0 atom stereocenters. The molecule has 4 aromatic rings. The Kier molecular flexibility index (Phi) is 3.65. The summed E-state index contributed by atoms with van der Waals surface area (Å²) in [5, 5.41) is 5.01. The standard InChI is InChI=1S/C21H18N2O2/c1-23(2)16-7-5-6-14(12-16)21(24)22-15-10-11-20-18(13-15)17-8-3-4-9-19(17)25-20/h3-13H,1-2H3,(H,22,24). The second kappa shape index (κ2) is 5.98. The number of furan rings is 1. The van der Waals surface area contributed by atoms with Gasteiger partial charge in [0.05, 0.1) is 0 Å². The lowest BCUT2D eigenvalue weighted by Crippen LogP contribution is -2.14. The molecule has 0 unspecified atom stereocenters. The molecule has 0 bridgehead atoms. The average molecular weight is 330 g/mol. The molecule has 1 amide bonds. The molecule has 4 heteroatoms. The molecule has 0 aliphatic heterocycles. The van der Waals surface area contributed by atoms with Gasteiger partial charge in [-0.05, 0) is 42.5 Å². The van der Waals surface area contributed by atoms with E-state index < -0.39 is 0 Å². The highest BCUT2D eigenvalue weighted by molar-refractivity contribution is 6.09. The third-order valence-electron chi connectivity index (χ3n) is 4.26. The zero-order valence-corrected chi connectivity index (χ0v) is 14.1. The molecule has 3 aromatic carbocycles. The summed E-state index contributed by atoms with van der Waals surface area (Å²) in [5.74, 6) is -0.129. The number of para-hydroxylation sites is 1. The van der Waals surface area contributed by atoms with Gasteiger partial charge < -0.3 is 14.6 Å². The molecule has 0 saturated carbocycles. The van der Waals surface area contributed by atoms with Crippen LogP contribution in [0, 0.1) is 0 Å². The van der Waals surface area contributed by atoms with Crippen molar-refractivity contribution in [2.45, 2.75) is 0 Å². The van der Waals surface area contributed by atoms with Crippen LogP contribution >= 0.6 is 0 Å². The molecule has 124 valence electrons. The Hall–Kier alpha value is -3.27. The minimum Gasteiger partial charge on any atom is -0.456 e. The Morgan fingerprint density at radius 3 is 2.52 bits per heavy atom. The van der Waals surface area contributed by atoms with E-state index in [2.05, 4.69) is 5.32 Å². The molecule has 0 spiro atoms. The van der Waals surface area contributed by atoms with Crippen molar-refractivity contribution in [2.75, 3.05) is 24.3 Å². The minimum absolute atomic E-state index is 0.129. The predicted molar refractivity (Wildman–Crippen MR) is 102 cm³/mol. The van der Waals surface area contributed by atoms with Gasteiger partial charge in [0.2, 0.25) is 0 Å². The number of fused-ring (bicyclic) bond motifs is 3. The smallest absolute Gasteiger partial charge is 0.255 e. The van der Waals surface area contributed by atoms with Crippen LogP contribution in [0.3, 0.4) is 0 Å². The van der Waals surface area contributed by atoms with Crippen molar-refractivity contribution < 1.29 is 9.21 Å². The van der Waals surface area contributed by atoms with Crippen molar-refractivity contribution in [1.29, 1.82) is 0 Å². The molecule has 0 radical (unpaired) electrons. The summed E-state index contributed by atoms with van der Waals surface area (Å²) in [6.45, 7) is 0. The molecular formula is C21H18N2O2. The number of benzene rings is 3. The van der Waals surface area contributed by atoms with E-state index in [0.717, 1.165) is 33.3 Å². The highest BCUT2D eigenvalue weighted by Gasteiger charge is 2.10. The van der Waals surface area contributed by atoms with E-state index in [-0.39, 0.29) is 5.91 Å². The SMILES string of the molecule is CN(C)c1cccc(C(=O)Nc2ccc3oc4ccccc4c3c2)c1. The molecule has 4 nitrogen and oxygen atoms in total. The predicted octanol–water partition coefficient (Wildman–Crippen LogP) is 4.90. The van der Waals surface area contributed by atoms with E-state index in [4.69, 9.17) is 4.42 Å². The molecule has 0 fully saturated rings. The van der Waals surface area contributed by atoms with Gasteiger partial charge in [-0.25, -0.2) is 0 Å². The van der Waals surface area contributed by atoms with Gasteiger partial charge in [-0.1, -0.05) is 24.3 Å². The van der Waals surface area contributed by atoms with Crippen molar-refractivity contribution in [3.63, 3.8) is 0 Å². The molecule has 4 rings (SSSR count). The van der Waals surface area contributed by atoms with Crippen LogP contribution in [0.1, 0.15) is 10.4 Å².